The average Bonchev–Trinajstić information content (AvgIpc) is 2.68. The van der Waals surface area contributed by atoms with E-state index in [1.54, 1.807) is 0 Å². The van der Waals surface area contributed by atoms with E-state index in [9.17, 15) is 0 Å². The highest BCUT2D eigenvalue weighted by Crippen LogP contribution is 2.39. The fourth-order valence-electron chi connectivity index (χ4n) is 2.09. The number of hydrogen-bond acceptors (Lipinski definition) is 1. The molecule has 0 saturated heterocycles. The average molecular weight is 255 g/mol. The molecule has 0 radical (unpaired) electrons. The molecule has 1 aliphatic heterocycles. The summed E-state index contributed by atoms with van der Waals surface area (Å²) in [6.07, 6.45) is 3.61. The van der Waals surface area contributed by atoms with Gasteiger partial charge in [0.2, 0.25) is 0 Å². The van der Waals surface area contributed by atoms with Crippen LogP contribution in [-0.2, 0) is 6.42 Å². The quantitative estimate of drug-likeness (QED) is 0.699. The smallest absolute Gasteiger partial charge is 0.0359 e. The molecule has 0 nitrogen and oxygen atoms in total. The minimum atomic E-state index is 0.337. The first-order valence-electron chi connectivity index (χ1n) is 6.05. The Morgan fingerprint density at radius 3 is 2.81 bits per heavy atom. The predicted octanol–water partition coefficient (Wildman–Crippen LogP) is 4.75. The van der Waals surface area contributed by atoms with Crippen LogP contribution >= 0.6 is 23.4 Å². The van der Waals surface area contributed by atoms with Crippen LogP contribution < -0.4 is 0 Å². The Morgan fingerprint density at radius 2 is 2.12 bits per heavy atom. The van der Waals surface area contributed by atoms with Crippen LogP contribution in [0.4, 0.5) is 0 Å². The SMILES string of the molecule is CC(C)C(Cl)CCC1Cc2ccccc2S1. The van der Waals surface area contributed by atoms with Crippen LogP contribution in [0.15, 0.2) is 29.2 Å². The van der Waals surface area contributed by atoms with Crippen molar-refractivity contribution in [2.45, 2.75) is 48.6 Å². The van der Waals surface area contributed by atoms with Gasteiger partial charge in [0.05, 0.1) is 0 Å². The van der Waals surface area contributed by atoms with Gasteiger partial charge in [-0.3, -0.25) is 0 Å². The van der Waals surface area contributed by atoms with Crippen LogP contribution in [-0.4, -0.2) is 10.6 Å². The molecule has 0 saturated carbocycles. The third-order valence-corrected chi connectivity index (χ3v) is 5.31. The minimum absolute atomic E-state index is 0.337. The van der Waals surface area contributed by atoms with E-state index in [1.807, 2.05) is 11.8 Å². The van der Waals surface area contributed by atoms with Crippen molar-refractivity contribution in [3.63, 3.8) is 0 Å². The molecule has 2 rings (SSSR count). The standard InChI is InChI=1S/C14H19ClS/c1-10(2)13(15)8-7-12-9-11-5-3-4-6-14(11)16-12/h3-6,10,12-13H,7-9H2,1-2H3. The highest BCUT2D eigenvalue weighted by atomic mass is 35.5. The Morgan fingerprint density at radius 1 is 1.38 bits per heavy atom. The van der Waals surface area contributed by atoms with Crippen molar-refractivity contribution < 1.29 is 0 Å². The van der Waals surface area contributed by atoms with Crippen molar-refractivity contribution in [2.24, 2.45) is 5.92 Å². The van der Waals surface area contributed by atoms with Crippen molar-refractivity contribution in [1.82, 2.24) is 0 Å². The maximum Gasteiger partial charge on any atom is 0.0359 e. The lowest BCUT2D eigenvalue weighted by Crippen LogP contribution is -2.11. The summed E-state index contributed by atoms with van der Waals surface area (Å²) in [5.41, 5.74) is 1.52. The third kappa shape index (κ3) is 2.95. The van der Waals surface area contributed by atoms with Gasteiger partial charge in [0, 0.05) is 15.5 Å². The molecule has 0 spiro atoms. The molecular formula is C14H19ClS. The number of benzene rings is 1. The van der Waals surface area contributed by atoms with E-state index >= 15 is 0 Å². The Kier molecular flexibility index (Phi) is 4.21. The van der Waals surface area contributed by atoms with Gasteiger partial charge in [0.15, 0.2) is 0 Å². The molecule has 1 heterocycles. The summed E-state index contributed by atoms with van der Waals surface area (Å²) in [5, 5.41) is 1.08. The number of halogens is 1. The summed E-state index contributed by atoms with van der Waals surface area (Å²) in [6.45, 7) is 4.41. The molecule has 0 aromatic heterocycles. The molecule has 2 heteroatoms. The van der Waals surface area contributed by atoms with Gasteiger partial charge in [-0.1, -0.05) is 32.0 Å². The van der Waals surface area contributed by atoms with Crippen molar-refractivity contribution in [3.8, 4) is 0 Å². The molecule has 1 aromatic rings. The predicted molar refractivity (Wildman–Crippen MR) is 73.5 cm³/mol. The molecule has 88 valence electrons. The normalized spacial score (nSPS) is 21.1. The first-order valence-corrected chi connectivity index (χ1v) is 7.37. The van der Waals surface area contributed by atoms with Crippen LogP contribution in [0.5, 0.6) is 0 Å². The monoisotopic (exact) mass is 254 g/mol. The molecule has 0 aliphatic carbocycles. The van der Waals surface area contributed by atoms with E-state index in [-0.39, 0.29) is 0 Å². The van der Waals surface area contributed by atoms with E-state index < -0.39 is 0 Å². The number of thioether (sulfide) groups is 1. The van der Waals surface area contributed by atoms with E-state index in [4.69, 9.17) is 11.6 Å². The number of alkyl halides is 1. The summed E-state index contributed by atoms with van der Waals surface area (Å²) in [6, 6.07) is 8.76. The zero-order valence-corrected chi connectivity index (χ0v) is 11.5. The maximum atomic E-state index is 6.30. The van der Waals surface area contributed by atoms with Crippen LogP contribution in [0.3, 0.4) is 0 Å². The van der Waals surface area contributed by atoms with Gasteiger partial charge in [0.1, 0.15) is 0 Å². The lowest BCUT2D eigenvalue weighted by Gasteiger charge is -2.15. The topological polar surface area (TPSA) is 0 Å². The molecule has 0 fully saturated rings. The lowest BCUT2D eigenvalue weighted by molar-refractivity contribution is 0.541. The molecule has 1 aromatic carbocycles. The molecule has 0 N–H and O–H groups in total. The maximum absolute atomic E-state index is 6.30. The third-order valence-electron chi connectivity index (χ3n) is 3.20. The summed E-state index contributed by atoms with van der Waals surface area (Å²) >= 11 is 8.33. The van der Waals surface area contributed by atoms with Gasteiger partial charge in [-0.2, -0.15) is 0 Å². The molecular weight excluding hydrogens is 236 g/mol. The molecule has 16 heavy (non-hydrogen) atoms. The highest BCUT2D eigenvalue weighted by Gasteiger charge is 2.22. The van der Waals surface area contributed by atoms with Crippen molar-refractivity contribution in [1.29, 1.82) is 0 Å². The molecule has 2 atom stereocenters. The fourth-order valence-corrected chi connectivity index (χ4v) is 3.56. The second-order valence-electron chi connectivity index (χ2n) is 4.89. The van der Waals surface area contributed by atoms with Gasteiger partial charge in [0.25, 0.3) is 0 Å². The highest BCUT2D eigenvalue weighted by molar-refractivity contribution is 8.00. The second-order valence-corrected chi connectivity index (χ2v) is 6.79. The summed E-state index contributed by atoms with van der Waals surface area (Å²) in [4.78, 5) is 1.48. The van der Waals surface area contributed by atoms with E-state index in [1.165, 1.54) is 23.3 Å². The Labute approximate surface area is 108 Å². The summed E-state index contributed by atoms with van der Waals surface area (Å²) in [7, 11) is 0. The first-order chi connectivity index (χ1) is 7.66. The largest absolute Gasteiger partial charge is 0.123 e. The lowest BCUT2D eigenvalue weighted by atomic mass is 10.0. The van der Waals surface area contributed by atoms with E-state index in [0.29, 0.717) is 11.3 Å². The van der Waals surface area contributed by atoms with Crippen molar-refractivity contribution >= 4 is 23.4 Å². The Balaban J connectivity index is 1.83. The van der Waals surface area contributed by atoms with Crippen molar-refractivity contribution in [3.05, 3.63) is 29.8 Å². The number of fused-ring (bicyclic) bond motifs is 1. The van der Waals surface area contributed by atoms with Gasteiger partial charge < -0.3 is 0 Å². The molecule has 0 amide bonds. The zero-order chi connectivity index (χ0) is 11.5. The molecule has 0 bridgehead atoms. The minimum Gasteiger partial charge on any atom is -0.123 e. The van der Waals surface area contributed by atoms with Crippen LogP contribution in [0.2, 0.25) is 0 Å². The Bertz CT molecular complexity index is 323. The first kappa shape index (κ1) is 12.3. The number of rotatable bonds is 4. The Hall–Kier alpha value is -0.140. The van der Waals surface area contributed by atoms with E-state index in [0.717, 1.165) is 11.7 Å². The molecule has 1 aliphatic rings. The number of hydrogen-bond donors (Lipinski definition) is 0. The second kappa shape index (κ2) is 5.46. The van der Waals surface area contributed by atoms with Crippen molar-refractivity contribution in [2.75, 3.05) is 0 Å². The van der Waals surface area contributed by atoms with Crippen LogP contribution in [0.1, 0.15) is 32.3 Å². The fraction of sp³-hybridized carbons (Fsp3) is 0.571. The van der Waals surface area contributed by atoms with Crippen LogP contribution in [0, 0.1) is 5.92 Å². The van der Waals surface area contributed by atoms with Gasteiger partial charge in [-0.15, -0.1) is 23.4 Å². The van der Waals surface area contributed by atoms with Gasteiger partial charge in [-0.25, -0.2) is 0 Å². The molecule has 2 unspecified atom stereocenters. The van der Waals surface area contributed by atoms with E-state index in [2.05, 4.69) is 38.1 Å². The summed E-state index contributed by atoms with van der Waals surface area (Å²) < 4.78 is 0. The van der Waals surface area contributed by atoms with Gasteiger partial charge in [-0.05, 0) is 36.8 Å². The van der Waals surface area contributed by atoms with Gasteiger partial charge >= 0.3 is 0 Å². The zero-order valence-electron chi connectivity index (χ0n) is 9.95. The van der Waals surface area contributed by atoms with Crippen LogP contribution in [0.25, 0.3) is 0 Å². The summed E-state index contributed by atoms with van der Waals surface area (Å²) in [5.74, 6) is 0.593.